The van der Waals surface area contributed by atoms with E-state index in [-0.39, 0.29) is 5.75 Å². The van der Waals surface area contributed by atoms with Gasteiger partial charge in [0.25, 0.3) is 0 Å². The number of aryl methyl sites for hydroxylation is 1. The molecule has 1 heterocycles. The third-order valence-electron chi connectivity index (χ3n) is 2.80. The smallest absolute Gasteiger partial charge is 0.313 e. The van der Waals surface area contributed by atoms with Crippen molar-refractivity contribution in [1.82, 2.24) is 9.55 Å². The van der Waals surface area contributed by atoms with Gasteiger partial charge in [-0.1, -0.05) is 24.6 Å². The van der Waals surface area contributed by atoms with Crippen LogP contribution in [0.3, 0.4) is 0 Å². The Kier molecular flexibility index (Phi) is 3.53. The third kappa shape index (κ3) is 3.01. The minimum atomic E-state index is -0.792. The van der Waals surface area contributed by atoms with E-state index in [1.165, 1.54) is 31.0 Å². The summed E-state index contributed by atoms with van der Waals surface area (Å²) in [5.74, 6) is 0.179. The van der Waals surface area contributed by atoms with Gasteiger partial charge < -0.3 is 9.67 Å². The van der Waals surface area contributed by atoms with E-state index in [2.05, 4.69) is 9.55 Å². The predicted octanol–water partition coefficient (Wildman–Crippen LogP) is 2.17. The van der Waals surface area contributed by atoms with E-state index in [0.29, 0.717) is 0 Å². The normalized spacial score (nSPS) is 15.3. The maximum Gasteiger partial charge on any atom is 0.313 e. The number of carboxylic acids is 1. The van der Waals surface area contributed by atoms with Crippen molar-refractivity contribution in [2.45, 2.75) is 37.9 Å². The van der Waals surface area contributed by atoms with E-state index in [0.717, 1.165) is 23.3 Å². The summed E-state index contributed by atoms with van der Waals surface area (Å²) in [7, 11) is 0. The van der Waals surface area contributed by atoms with E-state index >= 15 is 0 Å². The number of carbonyl (C=O) groups is 1. The molecule has 4 nitrogen and oxygen atoms in total. The first-order valence-electron chi connectivity index (χ1n) is 5.53. The van der Waals surface area contributed by atoms with E-state index in [9.17, 15) is 4.79 Å². The topological polar surface area (TPSA) is 55.1 Å². The van der Waals surface area contributed by atoms with Gasteiger partial charge in [0, 0.05) is 18.4 Å². The molecule has 0 spiro atoms. The minimum Gasteiger partial charge on any atom is -0.481 e. The zero-order chi connectivity index (χ0) is 11.5. The Bertz CT molecular complexity index is 385. The van der Waals surface area contributed by atoms with Crippen molar-refractivity contribution in [3.8, 4) is 0 Å². The molecule has 0 saturated heterocycles. The SMILES string of the molecule is Cc1cnc(SCC(=O)O)n1CCC1CC1. The molecule has 1 aliphatic carbocycles. The molecular formula is C11H16N2O2S. The molecule has 0 amide bonds. The first kappa shape index (κ1) is 11.5. The molecule has 16 heavy (non-hydrogen) atoms. The van der Waals surface area contributed by atoms with Crippen LogP contribution < -0.4 is 0 Å². The van der Waals surface area contributed by atoms with Crippen LogP contribution in [0, 0.1) is 12.8 Å². The molecule has 0 unspecified atom stereocenters. The molecule has 0 radical (unpaired) electrons. The number of thioether (sulfide) groups is 1. The number of imidazole rings is 1. The molecule has 5 heteroatoms. The van der Waals surface area contributed by atoms with Crippen LogP contribution in [-0.2, 0) is 11.3 Å². The Balaban J connectivity index is 1.96. The summed E-state index contributed by atoms with van der Waals surface area (Å²) in [5.41, 5.74) is 1.12. The summed E-state index contributed by atoms with van der Waals surface area (Å²) in [6.07, 6.45) is 5.71. The predicted molar refractivity (Wildman–Crippen MR) is 62.7 cm³/mol. The summed E-state index contributed by atoms with van der Waals surface area (Å²) in [6, 6.07) is 0. The Morgan fingerprint density at radius 3 is 3.06 bits per heavy atom. The van der Waals surface area contributed by atoms with Gasteiger partial charge in [0.2, 0.25) is 0 Å². The van der Waals surface area contributed by atoms with Crippen LogP contribution in [0.2, 0.25) is 0 Å². The molecule has 0 atom stereocenters. The Labute approximate surface area is 99.1 Å². The quantitative estimate of drug-likeness (QED) is 0.774. The van der Waals surface area contributed by atoms with Crippen LogP contribution in [0.15, 0.2) is 11.4 Å². The van der Waals surface area contributed by atoms with Crippen LogP contribution in [0.25, 0.3) is 0 Å². The second-order valence-corrected chi connectivity index (χ2v) is 5.19. The molecule has 1 N–H and O–H groups in total. The van der Waals surface area contributed by atoms with E-state index in [1.807, 2.05) is 13.1 Å². The average molecular weight is 240 g/mol. The molecule has 0 bridgehead atoms. The molecule has 0 aliphatic heterocycles. The van der Waals surface area contributed by atoms with Gasteiger partial charge in [0.05, 0.1) is 5.75 Å². The lowest BCUT2D eigenvalue weighted by Crippen LogP contribution is -2.05. The van der Waals surface area contributed by atoms with Gasteiger partial charge in [0.15, 0.2) is 5.16 Å². The lowest BCUT2D eigenvalue weighted by atomic mass is 10.3. The summed E-state index contributed by atoms with van der Waals surface area (Å²) in [6.45, 7) is 2.99. The Hall–Kier alpha value is -0.970. The van der Waals surface area contributed by atoms with Crippen LogP contribution in [0.4, 0.5) is 0 Å². The van der Waals surface area contributed by atoms with Gasteiger partial charge in [-0.3, -0.25) is 4.79 Å². The third-order valence-corrected chi connectivity index (χ3v) is 3.78. The van der Waals surface area contributed by atoms with Crippen molar-refractivity contribution < 1.29 is 9.90 Å². The molecule has 1 aromatic heterocycles. The van der Waals surface area contributed by atoms with Crippen LogP contribution >= 0.6 is 11.8 Å². The maximum absolute atomic E-state index is 10.5. The van der Waals surface area contributed by atoms with Crippen molar-refractivity contribution in [2.24, 2.45) is 5.92 Å². The van der Waals surface area contributed by atoms with E-state index < -0.39 is 5.97 Å². The first-order valence-corrected chi connectivity index (χ1v) is 6.52. The summed E-state index contributed by atoms with van der Waals surface area (Å²) in [5, 5.41) is 9.48. The Morgan fingerprint density at radius 1 is 1.69 bits per heavy atom. The maximum atomic E-state index is 10.5. The van der Waals surface area contributed by atoms with Crippen molar-refractivity contribution in [3.63, 3.8) is 0 Å². The lowest BCUT2D eigenvalue weighted by Gasteiger charge is -2.08. The average Bonchev–Trinajstić information content (AvgIpc) is 2.99. The number of nitrogens with zero attached hydrogens (tertiary/aromatic N) is 2. The minimum absolute atomic E-state index is 0.0832. The highest BCUT2D eigenvalue weighted by atomic mass is 32.2. The standard InChI is InChI=1S/C11H16N2O2S/c1-8-6-12-11(16-7-10(14)15)13(8)5-4-9-2-3-9/h6,9H,2-5,7H2,1H3,(H,14,15). The summed E-state index contributed by atoms with van der Waals surface area (Å²) >= 11 is 1.30. The highest BCUT2D eigenvalue weighted by molar-refractivity contribution is 7.99. The molecule has 88 valence electrons. The van der Waals surface area contributed by atoms with Crippen LogP contribution in [0.5, 0.6) is 0 Å². The monoisotopic (exact) mass is 240 g/mol. The molecule has 1 aliphatic rings. The van der Waals surface area contributed by atoms with Gasteiger partial charge >= 0.3 is 5.97 Å². The first-order chi connectivity index (χ1) is 7.66. The van der Waals surface area contributed by atoms with Crippen LogP contribution in [-0.4, -0.2) is 26.4 Å². The Morgan fingerprint density at radius 2 is 2.44 bits per heavy atom. The number of hydrogen-bond donors (Lipinski definition) is 1. The zero-order valence-electron chi connectivity index (χ0n) is 9.35. The van der Waals surface area contributed by atoms with Gasteiger partial charge in [-0.05, 0) is 19.3 Å². The second kappa shape index (κ2) is 4.91. The zero-order valence-corrected chi connectivity index (χ0v) is 10.2. The van der Waals surface area contributed by atoms with Gasteiger partial charge in [-0.15, -0.1) is 0 Å². The fraction of sp³-hybridized carbons (Fsp3) is 0.636. The van der Waals surface area contributed by atoms with Crippen molar-refractivity contribution >= 4 is 17.7 Å². The lowest BCUT2D eigenvalue weighted by molar-refractivity contribution is -0.133. The van der Waals surface area contributed by atoms with E-state index in [1.54, 1.807) is 0 Å². The molecule has 0 aromatic carbocycles. The molecular weight excluding hydrogens is 224 g/mol. The van der Waals surface area contributed by atoms with Gasteiger partial charge in [0.1, 0.15) is 0 Å². The molecule has 1 fully saturated rings. The molecule has 1 aromatic rings. The fourth-order valence-electron chi connectivity index (χ4n) is 1.67. The summed E-state index contributed by atoms with van der Waals surface area (Å²) < 4.78 is 2.13. The number of aliphatic carboxylic acids is 1. The largest absolute Gasteiger partial charge is 0.481 e. The molecule has 1 saturated carbocycles. The van der Waals surface area contributed by atoms with Crippen molar-refractivity contribution in [1.29, 1.82) is 0 Å². The number of aromatic nitrogens is 2. The summed E-state index contributed by atoms with van der Waals surface area (Å²) in [4.78, 5) is 14.8. The number of carboxylic acid groups (broad SMARTS) is 1. The van der Waals surface area contributed by atoms with Crippen molar-refractivity contribution in [3.05, 3.63) is 11.9 Å². The highest BCUT2D eigenvalue weighted by Gasteiger charge is 2.21. The number of rotatable bonds is 6. The second-order valence-electron chi connectivity index (χ2n) is 4.25. The fourth-order valence-corrected chi connectivity index (χ4v) is 2.44. The van der Waals surface area contributed by atoms with Gasteiger partial charge in [-0.25, -0.2) is 4.98 Å². The van der Waals surface area contributed by atoms with Crippen molar-refractivity contribution in [2.75, 3.05) is 5.75 Å². The van der Waals surface area contributed by atoms with E-state index in [4.69, 9.17) is 5.11 Å². The van der Waals surface area contributed by atoms with Gasteiger partial charge in [-0.2, -0.15) is 0 Å². The number of hydrogen-bond acceptors (Lipinski definition) is 3. The highest BCUT2D eigenvalue weighted by Crippen LogP contribution is 2.33. The van der Waals surface area contributed by atoms with Crippen LogP contribution in [0.1, 0.15) is 25.0 Å². The molecule has 2 rings (SSSR count).